The van der Waals surface area contributed by atoms with Crippen LogP contribution in [0.5, 0.6) is 23.0 Å². The topological polar surface area (TPSA) is 98.4 Å². The van der Waals surface area contributed by atoms with Crippen LogP contribution in [0.2, 0.25) is 0 Å². The lowest BCUT2D eigenvalue weighted by Crippen LogP contribution is -2.61. The van der Waals surface area contributed by atoms with Gasteiger partial charge in [-0.3, -0.25) is 14.5 Å². The molecular weight excluding hydrogens is 470 g/mol. The molecule has 6 rings (SSSR count). The Balaban J connectivity index is 1.06. The van der Waals surface area contributed by atoms with Gasteiger partial charge in [0.05, 0.1) is 12.5 Å². The highest BCUT2D eigenvalue weighted by Crippen LogP contribution is 2.36. The molecule has 2 amide bonds. The largest absolute Gasteiger partial charge is 0.454 e. The van der Waals surface area contributed by atoms with Gasteiger partial charge in [0.15, 0.2) is 28.1 Å². The smallest absolute Gasteiger partial charge is 0.234 e. The fourth-order valence-corrected chi connectivity index (χ4v) is 5.46. The number of hydrogen-bond acceptors (Lipinski definition) is 7. The Bertz CT molecular complexity index is 1200. The normalized spacial score (nSPS) is 24.1. The standard InChI is InChI=1S/C25H25N3O6S/c29-23(26-10-14-1-5-19-21(7-14)33-12-31-19)16-3-4-17-18(9-16)27-25(35)28(24(17)30)11-15-2-6-20-22(8-15)34-13-32-20/h1-2,5-8,16-18H,3-4,9-13H2,(H,26,29)(H,27,35). The zero-order valence-electron chi connectivity index (χ0n) is 19.0. The van der Waals surface area contributed by atoms with Crippen molar-refractivity contribution in [2.45, 2.75) is 38.4 Å². The molecule has 3 heterocycles. The number of ether oxygens (including phenoxy) is 4. The number of rotatable bonds is 5. The SMILES string of the molecule is O=C(NCc1ccc2c(c1)OCO2)C1CCC2C(=O)N(Cc3ccc4c(c3)OCO4)C(=S)NC2C1. The molecule has 4 aliphatic rings. The Labute approximate surface area is 207 Å². The van der Waals surface area contributed by atoms with Crippen molar-refractivity contribution in [3.8, 4) is 23.0 Å². The van der Waals surface area contributed by atoms with Crippen LogP contribution in [0.25, 0.3) is 0 Å². The Morgan fingerprint density at radius 2 is 1.63 bits per heavy atom. The van der Waals surface area contributed by atoms with Gasteiger partial charge >= 0.3 is 0 Å². The van der Waals surface area contributed by atoms with E-state index in [4.69, 9.17) is 31.2 Å². The molecule has 9 nitrogen and oxygen atoms in total. The summed E-state index contributed by atoms with van der Waals surface area (Å²) in [6.45, 7) is 1.20. The maximum atomic E-state index is 13.3. The van der Waals surface area contributed by atoms with Gasteiger partial charge < -0.3 is 29.6 Å². The van der Waals surface area contributed by atoms with Crippen molar-refractivity contribution >= 4 is 29.1 Å². The third kappa shape index (κ3) is 4.22. The van der Waals surface area contributed by atoms with Crippen molar-refractivity contribution in [3.63, 3.8) is 0 Å². The molecule has 0 radical (unpaired) electrons. The molecule has 0 spiro atoms. The van der Waals surface area contributed by atoms with Crippen molar-refractivity contribution in [1.29, 1.82) is 0 Å². The second-order valence-electron chi connectivity index (χ2n) is 9.19. The zero-order chi connectivity index (χ0) is 23.9. The Morgan fingerprint density at radius 1 is 0.971 bits per heavy atom. The number of nitrogens with zero attached hydrogens (tertiary/aromatic N) is 1. The average Bonchev–Trinajstić information content (AvgIpc) is 3.53. The first-order valence-electron chi connectivity index (χ1n) is 11.7. The number of carbonyl (C=O) groups is 2. The number of benzene rings is 2. The van der Waals surface area contributed by atoms with Gasteiger partial charge in [-0.2, -0.15) is 0 Å². The van der Waals surface area contributed by atoms with E-state index in [0.29, 0.717) is 54.7 Å². The summed E-state index contributed by atoms with van der Waals surface area (Å²) in [4.78, 5) is 27.8. The lowest BCUT2D eigenvalue weighted by Gasteiger charge is -2.43. The number of thiocarbonyl (C=S) groups is 1. The molecule has 1 saturated heterocycles. The summed E-state index contributed by atoms with van der Waals surface area (Å²) >= 11 is 5.55. The number of carbonyl (C=O) groups excluding carboxylic acids is 2. The van der Waals surface area contributed by atoms with E-state index in [0.717, 1.165) is 16.9 Å². The van der Waals surface area contributed by atoms with Crippen LogP contribution in [0.3, 0.4) is 0 Å². The molecule has 3 atom stereocenters. The monoisotopic (exact) mass is 495 g/mol. The van der Waals surface area contributed by atoms with Crippen LogP contribution in [0, 0.1) is 11.8 Å². The summed E-state index contributed by atoms with van der Waals surface area (Å²) in [5.41, 5.74) is 1.87. The van der Waals surface area contributed by atoms with Gasteiger partial charge in [0.25, 0.3) is 0 Å². The maximum absolute atomic E-state index is 13.3. The Kier molecular flexibility index (Phi) is 5.60. The molecule has 0 aromatic heterocycles. The molecule has 3 aliphatic heterocycles. The highest BCUT2D eigenvalue weighted by atomic mass is 32.1. The molecule has 2 N–H and O–H groups in total. The summed E-state index contributed by atoms with van der Waals surface area (Å²) < 4.78 is 21.5. The average molecular weight is 496 g/mol. The molecule has 3 unspecified atom stereocenters. The van der Waals surface area contributed by atoms with Crippen molar-refractivity contribution in [1.82, 2.24) is 15.5 Å². The quantitative estimate of drug-likeness (QED) is 0.611. The molecule has 2 aromatic rings. The summed E-state index contributed by atoms with van der Waals surface area (Å²) in [7, 11) is 0. The zero-order valence-corrected chi connectivity index (χ0v) is 19.8. The third-order valence-corrected chi connectivity index (χ3v) is 7.38. The van der Waals surface area contributed by atoms with Crippen molar-refractivity contribution < 1.29 is 28.5 Å². The summed E-state index contributed by atoms with van der Waals surface area (Å²) in [5.74, 6) is 2.42. The lowest BCUT2D eigenvalue weighted by molar-refractivity contribution is -0.138. The maximum Gasteiger partial charge on any atom is 0.234 e. The minimum absolute atomic E-state index is 0.00985. The third-order valence-electron chi connectivity index (χ3n) is 7.04. The van der Waals surface area contributed by atoms with E-state index in [1.165, 1.54) is 0 Å². The highest BCUT2D eigenvalue weighted by molar-refractivity contribution is 7.80. The van der Waals surface area contributed by atoms with Crippen LogP contribution < -0.4 is 29.6 Å². The van der Waals surface area contributed by atoms with Gasteiger partial charge in [-0.25, -0.2) is 0 Å². The summed E-state index contributed by atoms with van der Waals surface area (Å²) in [6.07, 6.45) is 1.87. The van der Waals surface area contributed by atoms with Crippen LogP contribution in [0.4, 0.5) is 0 Å². The minimum atomic E-state index is -0.200. The Hall–Kier alpha value is -3.53. The molecule has 1 saturated carbocycles. The van der Waals surface area contributed by atoms with Crippen LogP contribution in [0.15, 0.2) is 36.4 Å². The molecule has 0 bridgehead atoms. The molecule has 35 heavy (non-hydrogen) atoms. The summed E-state index contributed by atoms with van der Waals surface area (Å²) in [5, 5.41) is 6.75. The second-order valence-corrected chi connectivity index (χ2v) is 9.58. The molecular formula is C25H25N3O6S. The number of fused-ring (bicyclic) bond motifs is 3. The number of nitrogens with one attached hydrogen (secondary N) is 2. The van der Waals surface area contributed by atoms with E-state index in [1.807, 2.05) is 36.4 Å². The number of hydrogen-bond donors (Lipinski definition) is 2. The molecule has 2 aromatic carbocycles. The highest BCUT2D eigenvalue weighted by Gasteiger charge is 2.44. The van der Waals surface area contributed by atoms with E-state index >= 15 is 0 Å². The van der Waals surface area contributed by atoms with E-state index in [2.05, 4.69) is 10.6 Å². The first-order chi connectivity index (χ1) is 17.0. The van der Waals surface area contributed by atoms with Crippen LogP contribution >= 0.6 is 12.2 Å². The van der Waals surface area contributed by atoms with Gasteiger partial charge in [0.2, 0.25) is 25.4 Å². The van der Waals surface area contributed by atoms with Gasteiger partial charge in [0, 0.05) is 18.5 Å². The van der Waals surface area contributed by atoms with Gasteiger partial charge in [-0.15, -0.1) is 0 Å². The predicted octanol–water partition coefficient (Wildman–Crippen LogP) is 2.46. The fraction of sp³-hybridized carbons (Fsp3) is 0.400. The molecule has 2 fully saturated rings. The van der Waals surface area contributed by atoms with E-state index in [-0.39, 0.29) is 43.3 Å². The van der Waals surface area contributed by atoms with Crippen LogP contribution in [-0.2, 0) is 22.7 Å². The van der Waals surface area contributed by atoms with E-state index in [1.54, 1.807) is 4.90 Å². The first-order valence-corrected chi connectivity index (χ1v) is 12.1. The number of amides is 2. The Morgan fingerprint density at radius 3 is 2.37 bits per heavy atom. The van der Waals surface area contributed by atoms with Crippen LogP contribution in [0.1, 0.15) is 30.4 Å². The molecule has 1 aliphatic carbocycles. The van der Waals surface area contributed by atoms with Gasteiger partial charge in [-0.05, 0) is 66.9 Å². The van der Waals surface area contributed by atoms with Gasteiger partial charge in [0.1, 0.15) is 0 Å². The predicted molar refractivity (Wildman–Crippen MR) is 128 cm³/mol. The summed E-state index contributed by atoms with van der Waals surface area (Å²) in [6, 6.07) is 11.1. The fourth-order valence-electron chi connectivity index (χ4n) is 5.16. The molecule has 182 valence electrons. The van der Waals surface area contributed by atoms with Gasteiger partial charge in [-0.1, -0.05) is 12.1 Å². The molecule has 10 heteroatoms. The van der Waals surface area contributed by atoms with E-state index < -0.39 is 0 Å². The first kappa shape index (κ1) is 22.0. The van der Waals surface area contributed by atoms with Crippen LogP contribution in [-0.4, -0.2) is 41.5 Å². The minimum Gasteiger partial charge on any atom is -0.454 e. The van der Waals surface area contributed by atoms with Crippen molar-refractivity contribution in [2.75, 3.05) is 13.6 Å². The van der Waals surface area contributed by atoms with Crippen molar-refractivity contribution in [3.05, 3.63) is 47.5 Å². The van der Waals surface area contributed by atoms with E-state index in [9.17, 15) is 9.59 Å². The second kappa shape index (κ2) is 8.92. The lowest BCUT2D eigenvalue weighted by atomic mass is 9.76. The van der Waals surface area contributed by atoms with Crippen molar-refractivity contribution in [2.24, 2.45) is 11.8 Å².